The van der Waals surface area contributed by atoms with Gasteiger partial charge in [0.15, 0.2) is 0 Å². The van der Waals surface area contributed by atoms with Crippen LogP contribution in [0.25, 0.3) is 0 Å². The molecule has 1 rings (SSSR count). The summed E-state index contributed by atoms with van der Waals surface area (Å²) in [7, 11) is 1.75. The maximum atomic E-state index is 5.41. The van der Waals surface area contributed by atoms with Crippen LogP contribution in [-0.4, -0.2) is 7.11 Å². The molecule has 0 heterocycles. The molecule has 0 saturated carbocycles. The minimum atomic E-state index is 0.397. The van der Waals surface area contributed by atoms with E-state index in [2.05, 4.69) is 45.9 Å². The lowest BCUT2D eigenvalue weighted by atomic mass is 9.87. The second-order valence-corrected chi connectivity index (χ2v) is 5.51. The molecule has 90 valence electrons. The zero-order valence-electron chi connectivity index (χ0n) is 11.3. The molecular formula is C15H24O. The molecule has 0 atom stereocenters. The van der Waals surface area contributed by atoms with Crippen LogP contribution in [0.2, 0.25) is 0 Å². The largest absolute Gasteiger partial charge is 0.496 e. The van der Waals surface area contributed by atoms with Gasteiger partial charge in [0, 0.05) is 0 Å². The van der Waals surface area contributed by atoms with E-state index in [1.54, 1.807) is 7.11 Å². The Morgan fingerprint density at radius 1 is 1.19 bits per heavy atom. The molecule has 1 aromatic rings. The van der Waals surface area contributed by atoms with Crippen LogP contribution in [0, 0.1) is 5.41 Å². The van der Waals surface area contributed by atoms with Crippen molar-refractivity contribution in [1.82, 2.24) is 0 Å². The Bertz CT molecular complexity index is 334. The van der Waals surface area contributed by atoms with Crippen LogP contribution in [-0.2, 0) is 12.8 Å². The van der Waals surface area contributed by atoms with Gasteiger partial charge >= 0.3 is 0 Å². The number of hydrogen-bond donors (Lipinski definition) is 0. The number of rotatable bonds is 4. The quantitative estimate of drug-likeness (QED) is 0.737. The van der Waals surface area contributed by atoms with Crippen molar-refractivity contribution in [3.63, 3.8) is 0 Å². The van der Waals surface area contributed by atoms with Crippen LogP contribution < -0.4 is 4.74 Å². The smallest absolute Gasteiger partial charge is 0.122 e. The highest BCUT2D eigenvalue weighted by atomic mass is 16.5. The van der Waals surface area contributed by atoms with Crippen molar-refractivity contribution >= 4 is 0 Å². The Hall–Kier alpha value is -0.980. The summed E-state index contributed by atoms with van der Waals surface area (Å²) in [6, 6.07) is 6.38. The third kappa shape index (κ3) is 3.55. The average Bonchev–Trinajstić information content (AvgIpc) is 2.24. The highest BCUT2D eigenvalue weighted by Crippen LogP contribution is 2.27. The summed E-state index contributed by atoms with van der Waals surface area (Å²) in [5, 5.41) is 0. The fraction of sp³-hybridized carbons (Fsp3) is 0.600. The van der Waals surface area contributed by atoms with Gasteiger partial charge < -0.3 is 4.74 Å². The highest BCUT2D eigenvalue weighted by molar-refractivity contribution is 5.40. The number of hydrogen-bond acceptors (Lipinski definition) is 1. The van der Waals surface area contributed by atoms with Gasteiger partial charge in [0.25, 0.3) is 0 Å². The maximum Gasteiger partial charge on any atom is 0.122 e. The SMILES string of the molecule is CCc1c(CCC(C)(C)C)cccc1OC. The molecule has 0 fully saturated rings. The molecule has 0 aliphatic rings. The van der Waals surface area contributed by atoms with E-state index in [0.29, 0.717) is 5.41 Å². The zero-order valence-corrected chi connectivity index (χ0v) is 11.3. The van der Waals surface area contributed by atoms with Gasteiger partial charge in [-0.2, -0.15) is 0 Å². The first kappa shape index (κ1) is 13.1. The zero-order chi connectivity index (χ0) is 12.2. The second kappa shape index (κ2) is 5.38. The third-order valence-electron chi connectivity index (χ3n) is 2.95. The topological polar surface area (TPSA) is 9.23 Å². The summed E-state index contributed by atoms with van der Waals surface area (Å²) in [6.45, 7) is 9.06. The molecule has 0 saturated heterocycles. The molecule has 0 bridgehead atoms. The van der Waals surface area contributed by atoms with Gasteiger partial charge in [0.1, 0.15) is 5.75 Å². The van der Waals surface area contributed by atoms with Gasteiger partial charge in [-0.15, -0.1) is 0 Å². The van der Waals surface area contributed by atoms with E-state index in [1.165, 1.54) is 17.5 Å². The van der Waals surface area contributed by atoms with E-state index in [9.17, 15) is 0 Å². The molecule has 0 aliphatic carbocycles. The molecule has 0 aromatic heterocycles. The van der Waals surface area contributed by atoms with Gasteiger partial charge in [0.05, 0.1) is 7.11 Å². The number of aryl methyl sites for hydroxylation is 1. The molecular weight excluding hydrogens is 196 g/mol. The molecule has 0 aliphatic heterocycles. The molecule has 0 unspecified atom stereocenters. The predicted octanol–water partition coefficient (Wildman–Crippen LogP) is 4.24. The lowest BCUT2D eigenvalue weighted by Crippen LogP contribution is -2.07. The van der Waals surface area contributed by atoms with Crippen LogP contribution >= 0.6 is 0 Å². The van der Waals surface area contributed by atoms with E-state index in [-0.39, 0.29) is 0 Å². The molecule has 0 spiro atoms. The summed E-state index contributed by atoms with van der Waals surface area (Å²) in [5.74, 6) is 1.04. The fourth-order valence-electron chi connectivity index (χ4n) is 1.95. The van der Waals surface area contributed by atoms with Crippen molar-refractivity contribution in [3.8, 4) is 5.75 Å². The predicted molar refractivity (Wildman–Crippen MR) is 70.1 cm³/mol. The molecule has 16 heavy (non-hydrogen) atoms. The fourth-order valence-corrected chi connectivity index (χ4v) is 1.95. The monoisotopic (exact) mass is 220 g/mol. The van der Waals surface area contributed by atoms with Gasteiger partial charge in [-0.05, 0) is 41.9 Å². The number of methoxy groups -OCH3 is 1. The van der Waals surface area contributed by atoms with Crippen LogP contribution in [0.15, 0.2) is 18.2 Å². The van der Waals surface area contributed by atoms with E-state index >= 15 is 0 Å². The Kier molecular flexibility index (Phi) is 4.40. The molecule has 0 radical (unpaired) electrons. The molecule has 1 nitrogen and oxygen atoms in total. The van der Waals surface area contributed by atoms with Crippen LogP contribution in [0.5, 0.6) is 5.75 Å². The highest BCUT2D eigenvalue weighted by Gasteiger charge is 2.13. The summed E-state index contributed by atoms with van der Waals surface area (Å²) in [6.07, 6.45) is 3.40. The Balaban J connectivity index is 2.87. The van der Waals surface area contributed by atoms with Crippen molar-refractivity contribution in [2.45, 2.75) is 47.0 Å². The molecule has 0 amide bonds. The Labute approximate surface area is 99.8 Å². The summed E-state index contributed by atoms with van der Waals surface area (Å²) >= 11 is 0. The Morgan fingerprint density at radius 2 is 1.88 bits per heavy atom. The Morgan fingerprint density at radius 3 is 2.38 bits per heavy atom. The minimum Gasteiger partial charge on any atom is -0.496 e. The third-order valence-corrected chi connectivity index (χ3v) is 2.95. The number of ether oxygens (including phenoxy) is 1. The van der Waals surface area contributed by atoms with Crippen LogP contribution in [0.4, 0.5) is 0 Å². The van der Waals surface area contributed by atoms with E-state index in [4.69, 9.17) is 4.74 Å². The second-order valence-electron chi connectivity index (χ2n) is 5.51. The van der Waals surface area contributed by atoms with E-state index < -0.39 is 0 Å². The number of benzene rings is 1. The van der Waals surface area contributed by atoms with Crippen LogP contribution in [0.3, 0.4) is 0 Å². The molecule has 0 N–H and O–H groups in total. The van der Waals surface area contributed by atoms with Crippen molar-refractivity contribution in [1.29, 1.82) is 0 Å². The summed E-state index contributed by atoms with van der Waals surface area (Å²) < 4.78 is 5.41. The normalized spacial score (nSPS) is 11.6. The lowest BCUT2D eigenvalue weighted by molar-refractivity contribution is 0.376. The standard InChI is InChI=1S/C15H24O/c1-6-13-12(10-11-15(2,3)4)8-7-9-14(13)16-5/h7-9H,6,10-11H2,1-5H3. The van der Waals surface area contributed by atoms with Crippen molar-refractivity contribution in [2.24, 2.45) is 5.41 Å². The van der Waals surface area contributed by atoms with E-state index in [0.717, 1.165) is 18.6 Å². The minimum absolute atomic E-state index is 0.397. The summed E-state index contributed by atoms with van der Waals surface area (Å²) in [4.78, 5) is 0. The van der Waals surface area contributed by atoms with Gasteiger partial charge in [0.2, 0.25) is 0 Å². The first-order chi connectivity index (χ1) is 7.48. The average molecular weight is 220 g/mol. The van der Waals surface area contributed by atoms with Gasteiger partial charge in [-0.1, -0.05) is 39.8 Å². The first-order valence-electron chi connectivity index (χ1n) is 6.12. The van der Waals surface area contributed by atoms with Crippen molar-refractivity contribution in [3.05, 3.63) is 29.3 Å². The maximum absolute atomic E-state index is 5.41. The van der Waals surface area contributed by atoms with E-state index in [1.807, 2.05) is 0 Å². The first-order valence-corrected chi connectivity index (χ1v) is 6.12. The van der Waals surface area contributed by atoms with Gasteiger partial charge in [-0.25, -0.2) is 0 Å². The molecule has 1 heteroatoms. The van der Waals surface area contributed by atoms with Crippen LogP contribution in [0.1, 0.15) is 45.2 Å². The molecule has 1 aromatic carbocycles. The van der Waals surface area contributed by atoms with Crippen molar-refractivity contribution in [2.75, 3.05) is 7.11 Å². The lowest BCUT2D eigenvalue weighted by Gasteiger charge is -2.19. The van der Waals surface area contributed by atoms with Crippen molar-refractivity contribution < 1.29 is 4.74 Å². The van der Waals surface area contributed by atoms with Gasteiger partial charge in [-0.3, -0.25) is 0 Å². The summed E-state index contributed by atoms with van der Waals surface area (Å²) in [5.41, 5.74) is 3.21.